The fourth-order valence-corrected chi connectivity index (χ4v) is 2.74. The first-order valence-electron chi connectivity index (χ1n) is 9.56. The molecule has 0 spiro atoms. The van der Waals surface area contributed by atoms with Crippen molar-refractivity contribution in [1.82, 2.24) is 0 Å². The van der Waals surface area contributed by atoms with Gasteiger partial charge < -0.3 is 9.47 Å². The molecular weight excluding hydrogens is 304 g/mol. The maximum Gasteiger partial charge on any atom is 0.305 e. The van der Waals surface area contributed by atoms with Crippen LogP contribution >= 0.6 is 0 Å². The Morgan fingerprint density at radius 1 is 0.875 bits per heavy atom. The third kappa shape index (κ3) is 15.8. The molecule has 4 nitrogen and oxygen atoms in total. The van der Waals surface area contributed by atoms with Crippen molar-refractivity contribution in [1.29, 1.82) is 0 Å². The van der Waals surface area contributed by atoms with Gasteiger partial charge in [0.2, 0.25) is 0 Å². The number of hydrogen-bond donors (Lipinski definition) is 0. The van der Waals surface area contributed by atoms with Gasteiger partial charge in [-0.25, -0.2) is 0 Å². The number of ether oxygens (including phenoxy) is 2. The summed E-state index contributed by atoms with van der Waals surface area (Å²) in [6.45, 7) is 11.9. The molecule has 1 unspecified atom stereocenters. The molecule has 0 aromatic rings. The van der Waals surface area contributed by atoms with Gasteiger partial charge in [0.1, 0.15) is 0 Å². The van der Waals surface area contributed by atoms with Crippen LogP contribution < -0.4 is 0 Å². The van der Waals surface area contributed by atoms with Crippen molar-refractivity contribution >= 4 is 11.9 Å². The van der Waals surface area contributed by atoms with Crippen molar-refractivity contribution in [3.05, 3.63) is 0 Å². The molecule has 0 aliphatic heterocycles. The van der Waals surface area contributed by atoms with Gasteiger partial charge >= 0.3 is 11.9 Å². The first kappa shape index (κ1) is 22.9. The van der Waals surface area contributed by atoms with E-state index in [2.05, 4.69) is 34.6 Å². The summed E-state index contributed by atoms with van der Waals surface area (Å²) in [7, 11) is 0. The molecule has 0 rings (SSSR count). The Kier molecular flexibility index (Phi) is 12.7. The molecule has 24 heavy (non-hydrogen) atoms. The molecular formula is C20H38O4. The first-order valence-corrected chi connectivity index (χ1v) is 9.56. The van der Waals surface area contributed by atoms with Crippen LogP contribution in [-0.2, 0) is 19.1 Å². The van der Waals surface area contributed by atoms with E-state index in [-0.39, 0.29) is 17.4 Å². The summed E-state index contributed by atoms with van der Waals surface area (Å²) < 4.78 is 10.5. The molecule has 0 aromatic carbocycles. The SMILES string of the molecule is CCCCCOC(=O)CCCCCC(=O)OCC(C)CC(C)(C)C. The van der Waals surface area contributed by atoms with E-state index in [1.165, 1.54) is 0 Å². The summed E-state index contributed by atoms with van der Waals surface area (Å²) in [6.07, 6.45) is 7.51. The molecule has 0 N–H and O–H groups in total. The van der Waals surface area contributed by atoms with Crippen molar-refractivity contribution in [2.45, 2.75) is 92.4 Å². The van der Waals surface area contributed by atoms with Crippen LogP contribution in [0.2, 0.25) is 0 Å². The van der Waals surface area contributed by atoms with Crippen LogP contribution in [0.4, 0.5) is 0 Å². The molecule has 0 saturated heterocycles. The Hall–Kier alpha value is -1.06. The van der Waals surface area contributed by atoms with Crippen molar-refractivity contribution < 1.29 is 19.1 Å². The Morgan fingerprint density at radius 3 is 2.00 bits per heavy atom. The highest BCUT2D eigenvalue weighted by molar-refractivity contribution is 5.69. The number of carbonyl (C=O) groups is 2. The van der Waals surface area contributed by atoms with Crippen LogP contribution in [0.3, 0.4) is 0 Å². The zero-order valence-corrected chi connectivity index (χ0v) is 16.5. The van der Waals surface area contributed by atoms with E-state index in [0.29, 0.717) is 32.0 Å². The fraction of sp³-hybridized carbons (Fsp3) is 0.900. The highest BCUT2D eigenvalue weighted by atomic mass is 16.5. The predicted molar refractivity (Wildman–Crippen MR) is 97.8 cm³/mol. The summed E-state index contributed by atoms with van der Waals surface area (Å²) in [4.78, 5) is 23.2. The second-order valence-corrected chi connectivity index (χ2v) is 8.04. The highest BCUT2D eigenvalue weighted by Gasteiger charge is 2.16. The van der Waals surface area contributed by atoms with Gasteiger partial charge in [-0.3, -0.25) is 9.59 Å². The van der Waals surface area contributed by atoms with Gasteiger partial charge in [0, 0.05) is 12.8 Å². The number of carbonyl (C=O) groups excluding carboxylic acids is 2. The second-order valence-electron chi connectivity index (χ2n) is 8.04. The molecule has 4 heteroatoms. The average Bonchev–Trinajstić information content (AvgIpc) is 2.47. The van der Waals surface area contributed by atoms with Crippen LogP contribution in [-0.4, -0.2) is 25.2 Å². The molecule has 0 aromatic heterocycles. The van der Waals surface area contributed by atoms with E-state index < -0.39 is 0 Å². The lowest BCUT2D eigenvalue weighted by molar-refractivity contribution is -0.145. The molecule has 0 bridgehead atoms. The van der Waals surface area contributed by atoms with Crippen LogP contribution in [0, 0.1) is 11.3 Å². The lowest BCUT2D eigenvalue weighted by Gasteiger charge is -2.22. The first-order chi connectivity index (χ1) is 11.2. The Bertz CT molecular complexity index is 344. The molecule has 0 saturated carbocycles. The van der Waals surface area contributed by atoms with Gasteiger partial charge in [-0.15, -0.1) is 0 Å². The standard InChI is InChI=1S/C20H38O4/c1-6-7-11-14-23-18(21)12-9-8-10-13-19(22)24-16-17(2)15-20(3,4)5/h17H,6-16H2,1-5H3. The van der Waals surface area contributed by atoms with E-state index in [9.17, 15) is 9.59 Å². The van der Waals surface area contributed by atoms with Crippen LogP contribution in [0.1, 0.15) is 92.4 Å². The van der Waals surface area contributed by atoms with Crippen LogP contribution in [0.5, 0.6) is 0 Å². The second kappa shape index (κ2) is 13.3. The van der Waals surface area contributed by atoms with Crippen molar-refractivity contribution in [3.8, 4) is 0 Å². The third-order valence-electron chi connectivity index (χ3n) is 3.76. The van der Waals surface area contributed by atoms with E-state index >= 15 is 0 Å². The third-order valence-corrected chi connectivity index (χ3v) is 3.76. The van der Waals surface area contributed by atoms with Gasteiger partial charge in [0.05, 0.1) is 13.2 Å². The minimum absolute atomic E-state index is 0.121. The molecule has 0 radical (unpaired) electrons. The summed E-state index contributed by atoms with van der Waals surface area (Å²) in [6, 6.07) is 0. The van der Waals surface area contributed by atoms with Crippen LogP contribution in [0.25, 0.3) is 0 Å². The van der Waals surface area contributed by atoms with Gasteiger partial charge in [-0.05, 0) is 37.0 Å². The quantitative estimate of drug-likeness (QED) is 0.337. The monoisotopic (exact) mass is 342 g/mol. The smallest absolute Gasteiger partial charge is 0.305 e. The highest BCUT2D eigenvalue weighted by Crippen LogP contribution is 2.24. The van der Waals surface area contributed by atoms with Crippen molar-refractivity contribution in [2.75, 3.05) is 13.2 Å². The van der Waals surface area contributed by atoms with E-state index in [4.69, 9.17) is 9.47 Å². The molecule has 0 aliphatic rings. The summed E-state index contributed by atoms with van der Waals surface area (Å²) in [5.41, 5.74) is 0.261. The molecule has 142 valence electrons. The summed E-state index contributed by atoms with van der Waals surface area (Å²) in [5.74, 6) is 0.138. The minimum atomic E-state index is -0.127. The zero-order chi connectivity index (χ0) is 18.4. The zero-order valence-electron chi connectivity index (χ0n) is 16.5. The fourth-order valence-electron chi connectivity index (χ4n) is 2.74. The maximum absolute atomic E-state index is 11.7. The van der Waals surface area contributed by atoms with Gasteiger partial charge in [0.25, 0.3) is 0 Å². The van der Waals surface area contributed by atoms with Gasteiger partial charge in [-0.1, -0.05) is 53.9 Å². The predicted octanol–water partition coefficient (Wildman–Crippen LogP) is 5.29. The van der Waals surface area contributed by atoms with Gasteiger partial charge in [0.15, 0.2) is 0 Å². The molecule has 0 fully saturated rings. The largest absolute Gasteiger partial charge is 0.466 e. The van der Waals surface area contributed by atoms with Crippen molar-refractivity contribution in [2.24, 2.45) is 11.3 Å². The average molecular weight is 343 g/mol. The Balaban J connectivity index is 3.53. The number of esters is 2. The van der Waals surface area contributed by atoms with E-state index in [1.807, 2.05) is 0 Å². The molecule has 0 aliphatic carbocycles. The Labute approximate surface area is 148 Å². The minimum Gasteiger partial charge on any atom is -0.466 e. The topological polar surface area (TPSA) is 52.6 Å². The molecule has 0 heterocycles. The Morgan fingerprint density at radius 2 is 1.46 bits per heavy atom. The maximum atomic E-state index is 11.7. The van der Waals surface area contributed by atoms with Gasteiger partial charge in [-0.2, -0.15) is 0 Å². The number of rotatable bonds is 13. The number of unbranched alkanes of at least 4 members (excludes halogenated alkanes) is 4. The number of hydrogen-bond acceptors (Lipinski definition) is 4. The van der Waals surface area contributed by atoms with E-state index in [0.717, 1.165) is 44.9 Å². The lowest BCUT2D eigenvalue weighted by Crippen LogP contribution is -2.17. The molecule has 1 atom stereocenters. The summed E-state index contributed by atoms with van der Waals surface area (Å²) in [5, 5.41) is 0. The molecule has 0 amide bonds. The van der Waals surface area contributed by atoms with Crippen LogP contribution in [0.15, 0.2) is 0 Å². The normalized spacial score (nSPS) is 12.7. The van der Waals surface area contributed by atoms with E-state index in [1.54, 1.807) is 0 Å². The summed E-state index contributed by atoms with van der Waals surface area (Å²) >= 11 is 0. The van der Waals surface area contributed by atoms with Crippen molar-refractivity contribution in [3.63, 3.8) is 0 Å². The lowest BCUT2D eigenvalue weighted by atomic mass is 9.86.